The number of nitriles is 1. The van der Waals surface area contributed by atoms with E-state index in [4.69, 9.17) is 16.9 Å². The first-order valence-electron chi connectivity index (χ1n) is 5.34. The molecule has 0 aliphatic heterocycles. The lowest BCUT2D eigenvalue weighted by Crippen LogP contribution is -2.07. The minimum absolute atomic E-state index is 0.248. The zero-order valence-electron chi connectivity index (χ0n) is 11.2. The standard InChI is InChI=1S/C12H15ClN4OS/c1-17(2)8-15-12-6-9(16-19(3,4)18)5-11(13)10(12)7-14/h5-6,8H,1-4H3/b15-8+. The Morgan fingerprint density at radius 3 is 2.53 bits per heavy atom. The summed E-state index contributed by atoms with van der Waals surface area (Å²) in [6.07, 6.45) is 4.62. The van der Waals surface area contributed by atoms with Crippen molar-refractivity contribution in [1.82, 2.24) is 4.90 Å². The number of rotatable bonds is 3. The van der Waals surface area contributed by atoms with Gasteiger partial charge in [0, 0.05) is 36.3 Å². The van der Waals surface area contributed by atoms with Crippen LogP contribution in [0, 0.1) is 11.3 Å². The summed E-state index contributed by atoms with van der Waals surface area (Å²) in [5, 5.41) is 9.33. The first-order chi connectivity index (χ1) is 8.73. The molecule has 0 bridgehead atoms. The molecule has 5 nitrogen and oxygen atoms in total. The highest BCUT2D eigenvalue weighted by Crippen LogP contribution is 2.32. The van der Waals surface area contributed by atoms with Crippen LogP contribution in [0.4, 0.5) is 11.4 Å². The monoisotopic (exact) mass is 298 g/mol. The van der Waals surface area contributed by atoms with E-state index in [0.29, 0.717) is 11.4 Å². The number of nitrogens with zero attached hydrogens (tertiary/aromatic N) is 4. The van der Waals surface area contributed by atoms with Crippen molar-refractivity contribution in [2.75, 3.05) is 26.6 Å². The minimum atomic E-state index is -2.29. The van der Waals surface area contributed by atoms with Crippen molar-refractivity contribution in [2.24, 2.45) is 9.36 Å². The smallest absolute Gasteiger partial charge is 0.103 e. The Balaban J connectivity index is 3.44. The molecular formula is C12H15ClN4OS. The van der Waals surface area contributed by atoms with Crippen LogP contribution in [0.25, 0.3) is 0 Å². The molecule has 0 amide bonds. The Morgan fingerprint density at radius 1 is 1.42 bits per heavy atom. The Morgan fingerprint density at radius 2 is 2.05 bits per heavy atom. The average molecular weight is 299 g/mol. The fourth-order valence-electron chi connectivity index (χ4n) is 1.27. The van der Waals surface area contributed by atoms with Gasteiger partial charge in [-0.1, -0.05) is 11.6 Å². The van der Waals surface area contributed by atoms with Crippen LogP contribution < -0.4 is 0 Å². The zero-order valence-corrected chi connectivity index (χ0v) is 12.8. The Kier molecular flexibility index (Phi) is 4.92. The molecule has 0 saturated heterocycles. The Bertz CT molecular complexity index is 659. The molecule has 0 saturated carbocycles. The highest BCUT2D eigenvalue weighted by atomic mass is 35.5. The third kappa shape index (κ3) is 4.89. The molecular weight excluding hydrogens is 284 g/mol. The van der Waals surface area contributed by atoms with Crippen molar-refractivity contribution in [2.45, 2.75) is 0 Å². The van der Waals surface area contributed by atoms with Gasteiger partial charge >= 0.3 is 0 Å². The second-order valence-corrected chi connectivity index (χ2v) is 7.37. The van der Waals surface area contributed by atoms with E-state index in [1.807, 2.05) is 20.2 Å². The number of benzene rings is 1. The third-order valence-corrected chi connectivity index (χ3v) is 2.87. The molecule has 1 rings (SSSR count). The van der Waals surface area contributed by atoms with Crippen molar-refractivity contribution < 1.29 is 4.21 Å². The summed E-state index contributed by atoms with van der Waals surface area (Å²) < 4.78 is 15.7. The molecule has 0 heterocycles. The first-order valence-corrected chi connectivity index (χ1v) is 8.05. The van der Waals surface area contributed by atoms with Gasteiger partial charge in [-0.25, -0.2) is 9.20 Å². The van der Waals surface area contributed by atoms with Crippen LogP contribution >= 0.6 is 11.6 Å². The van der Waals surface area contributed by atoms with Gasteiger partial charge in [-0.05, 0) is 12.1 Å². The second-order valence-electron chi connectivity index (χ2n) is 4.41. The normalized spacial score (nSPS) is 11.4. The van der Waals surface area contributed by atoms with E-state index in [2.05, 4.69) is 9.36 Å². The van der Waals surface area contributed by atoms with Gasteiger partial charge in [-0.15, -0.1) is 0 Å². The summed E-state index contributed by atoms with van der Waals surface area (Å²) in [4.78, 5) is 5.91. The molecule has 0 aromatic heterocycles. The van der Waals surface area contributed by atoms with Crippen LogP contribution in [-0.4, -0.2) is 42.1 Å². The second kappa shape index (κ2) is 6.04. The van der Waals surface area contributed by atoms with E-state index in [-0.39, 0.29) is 10.6 Å². The summed E-state index contributed by atoms with van der Waals surface area (Å²) in [6.45, 7) is 0. The van der Waals surface area contributed by atoms with Crippen LogP contribution in [0.5, 0.6) is 0 Å². The largest absolute Gasteiger partial charge is 0.369 e. The molecule has 19 heavy (non-hydrogen) atoms. The predicted molar refractivity (Wildman–Crippen MR) is 80.1 cm³/mol. The van der Waals surface area contributed by atoms with Gasteiger partial charge in [0.1, 0.15) is 6.07 Å². The Labute approximate surface area is 118 Å². The van der Waals surface area contributed by atoms with Crippen molar-refractivity contribution >= 4 is 39.0 Å². The third-order valence-electron chi connectivity index (χ3n) is 1.92. The molecule has 1 aromatic carbocycles. The summed E-state index contributed by atoms with van der Waals surface area (Å²) in [6, 6.07) is 5.11. The van der Waals surface area contributed by atoms with Crippen molar-refractivity contribution in [3.8, 4) is 6.07 Å². The van der Waals surface area contributed by atoms with Crippen LogP contribution in [-0.2, 0) is 9.73 Å². The minimum Gasteiger partial charge on any atom is -0.369 e. The van der Waals surface area contributed by atoms with Gasteiger partial charge in [0.15, 0.2) is 0 Å². The molecule has 0 spiro atoms. The Hall–Kier alpha value is -1.58. The summed E-state index contributed by atoms with van der Waals surface area (Å²) in [5.41, 5.74) is 1.13. The lowest BCUT2D eigenvalue weighted by Gasteiger charge is -2.06. The van der Waals surface area contributed by atoms with E-state index in [1.54, 1.807) is 17.3 Å². The lowest BCUT2D eigenvalue weighted by molar-refractivity contribution is 0.643. The van der Waals surface area contributed by atoms with Crippen LogP contribution in [0.3, 0.4) is 0 Å². The molecule has 1 aromatic rings. The van der Waals surface area contributed by atoms with Gasteiger partial charge in [-0.3, -0.25) is 0 Å². The van der Waals surface area contributed by atoms with Crippen molar-refractivity contribution in [1.29, 1.82) is 5.26 Å². The van der Waals surface area contributed by atoms with Crippen molar-refractivity contribution in [3.63, 3.8) is 0 Å². The van der Waals surface area contributed by atoms with E-state index < -0.39 is 9.73 Å². The van der Waals surface area contributed by atoms with Gasteiger partial charge in [0.2, 0.25) is 0 Å². The van der Waals surface area contributed by atoms with Crippen LogP contribution in [0.1, 0.15) is 5.56 Å². The van der Waals surface area contributed by atoms with E-state index in [0.717, 1.165) is 0 Å². The lowest BCUT2D eigenvalue weighted by atomic mass is 10.2. The van der Waals surface area contributed by atoms with Crippen LogP contribution in [0.15, 0.2) is 21.5 Å². The maximum absolute atomic E-state index is 11.7. The topological polar surface area (TPSA) is 68.8 Å². The molecule has 7 heteroatoms. The van der Waals surface area contributed by atoms with Gasteiger partial charge < -0.3 is 4.90 Å². The molecule has 0 N–H and O–H groups in total. The predicted octanol–water partition coefficient (Wildman–Crippen LogP) is 2.79. The van der Waals surface area contributed by atoms with Gasteiger partial charge in [-0.2, -0.15) is 9.62 Å². The summed E-state index contributed by atoms with van der Waals surface area (Å²) in [5.74, 6) is 0. The fourth-order valence-corrected chi connectivity index (χ4v) is 2.14. The zero-order chi connectivity index (χ0) is 14.6. The van der Waals surface area contributed by atoms with Crippen molar-refractivity contribution in [3.05, 3.63) is 22.7 Å². The van der Waals surface area contributed by atoms with Crippen LogP contribution in [0.2, 0.25) is 5.02 Å². The number of halogens is 1. The number of hydrogen-bond acceptors (Lipinski definition) is 4. The van der Waals surface area contributed by atoms with E-state index in [9.17, 15) is 4.21 Å². The summed E-state index contributed by atoms with van der Waals surface area (Å²) >= 11 is 6.02. The molecule has 0 unspecified atom stereocenters. The SMILES string of the molecule is CN(C)/C=N/c1cc(N=S(C)(C)=O)cc(Cl)c1C#N. The van der Waals surface area contributed by atoms with E-state index >= 15 is 0 Å². The maximum Gasteiger partial charge on any atom is 0.103 e. The highest BCUT2D eigenvalue weighted by Gasteiger charge is 2.09. The number of aliphatic imine (C=N–C) groups is 1. The van der Waals surface area contributed by atoms with Gasteiger partial charge in [0.25, 0.3) is 0 Å². The number of hydrogen-bond donors (Lipinski definition) is 0. The first kappa shape index (κ1) is 15.5. The molecule has 0 radical (unpaired) electrons. The molecule has 102 valence electrons. The molecule has 0 atom stereocenters. The fraction of sp³-hybridized carbons (Fsp3) is 0.333. The molecule has 0 fully saturated rings. The quantitative estimate of drug-likeness (QED) is 0.636. The van der Waals surface area contributed by atoms with Gasteiger partial charge in [0.05, 0.1) is 28.3 Å². The highest BCUT2D eigenvalue weighted by molar-refractivity contribution is 7.92. The molecule has 0 aliphatic rings. The maximum atomic E-state index is 11.7. The molecule has 0 aliphatic carbocycles. The average Bonchev–Trinajstić information content (AvgIpc) is 2.23. The van der Waals surface area contributed by atoms with E-state index in [1.165, 1.54) is 18.6 Å². The summed E-state index contributed by atoms with van der Waals surface area (Å²) in [7, 11) is 1.34.